The van der Waals surface area contributed by atoms with Crippen molar-refractivity contribution in [3.05, 3.63) is 65.5 Å². The lowest BCUT2D eigenvalue weighted by molar-refractivity contribution is -0.119. The summed E-state index contributed by atoms with van der Waals surface area (Å²) in [6.45, 7) is 1.61. The van der Waals surface area contributed by atoms with Crippen molar-refractivity contribution in [2.24, 2.45) is 0 Å². The van der Waals surface area contributed by atoms with E-state index in [-0.39, 0.29) is 11.5 Å². The van der Waals surface area contributed by atoms with Gasteiger partial charge in [-0.25, -0.2) is 9.36 Å². The molecule has 0 spiro atoms. The van der Waals surface area contributed by atoms with Crippen molar-refractivity contribution in [2.45, 2.75) is 13.0 Å². The maximum atomic E-state index is 12.3. The van der Waals surface area contributed by atoms with Gasteiger partial charge in [0, 0.05) is 36.5 Å². The fourth-order valence-corrected chi connectivity index (χ4v) is 2.01. The number of pyridine rings is 1. The van der Waals surface area contributed by atoms with Crippen LogP contribution in [0.4, 0.5) is 5.69 Å². The van der Waals surface area contributed by atoms with Crippen molar-refractivity contribution >= 4 is 11.6 Å². The molecule has 0 bridgehead atoms. The molecule has 0 aliphatic heterocycles. The Bertz CT molecular complexity index is 857. The molecule has 0 aliphatic rings. The van der Waals surface area contributed by atoms with Crippen molar-refractivity contribution in [2.75, 3.05) is 5.32 Å². The van der Waals surface area contributed by atoms with Gasteiger partial charge < -0.3 is 5.32 Å². The van der Waals surface area contributed by atoms with E-state index < -0.39 is 6.04 Å². The minimum Gasteiger partial charge on any atom is -0.324 e. The van der Waals surface area contributed by atoms with Crippen LogP contribution in [0.2, 0.25) is 0 Å². The highest BCUT2D eigenvalue weighted by molar-refractivity contribution is 5.93. The highest BCUT2D eigenvalue weighted by atomic mass is 16.2. The maximum Gasteiger partial charge on any atom is 0.267 e. The van der Waals surface area contributed by atoms with Crippen molar-refractivity contribution in [1.29, 1.82) is 0 Å². The lowest BCUT2D eigenvalue weighted by Gasteiger charge is -2.14. The number of nitrogens with one attached hydrogen (secondary N) is 1. The Hall–Kier alpha value is -3.29. The third kappa shape index (κ3) is 3.15. The van der Waals surface area contributed by atoms with Crippen LogP contribution in [-0.2, 0) is 4.79 Å². The van der Waals surface area contributed by atoms with Gasteiger partial charge in [0.15, 0.2) is 5.82 Å². The van der Waals surface area contributed by atoms with Gasteiger partial charge >= 0.3 is 0 Å². The summed E-state index contributed by atoms with van der Waals surface area (Å²) in [6.07, 6.45) is 6.46. The number of carbonyl (C=O) groups is 1. The van der Waals surface area contributed by atoms with Crippen LogP contribution in [0.1, 0.15) is 13.0 Å². The average Bonchev–Trinajstić information content (AvgIpc) is 3.10. The Morgan fingerprint density at radius 3 is 2.65 bits per heavy atom. The minimum absolute atomic E-state index is 0.344. The molecule has 0 aromatic carbocycles. The lowest BCUT2D eigenvalue weighted by Crippen LogP contribution is -2.33. The van der Waals surface area contributed by atoms with Gasteiger partial charge in [0.25, 0.3) is 5.56 Å². The van der Waals surface area contributed by atoms with Crippen LogP contribution < -0.4 is 10.9 Å². The van der Waals surface area contributed by atoms with Gasteiger partial charge in [-0.2, -0.15) is 5.10 Å². The molecule has 3 heterocycles. The Balaban J connectivity index is 1.87. The molecule has 1 unspecified atom stereocenters. The molecule has 116 valence electrons. The number of hydrogen-bond acceptors (Lipinski definition) is 5. The molecule has 0 aliphatic carbocycles. The van der Waals surface area contributed by atoms with Gasteiger partial charge in [-0.3, -0.25) is 14.6 Å². The van der Waals surface area contributed by atoms with Gasteiger partial charge in [-0.05, 0) is 31.2 Å². The molecule has 3 aromatic rings. The van der Waals surface area contributed by atoms with Crippen LogP contribution in [0.15, 0.2) is 59.9 Å². The number of nitrogens with zero attached hydrogens (tertiary/aromatic N) is 5. The molecule has 0 saturated heterocycles. The van der Waals surface area contributed by atoms with E-state index in [4.69, 9.17) is 0 Å². The summed E-state index contributed by atoms with van der Waals surface area (Å²) >= 11 is 0. The van der Waals surface area contributed by atoms with Gasteiger partial charge in [0.2, 0.25) is 5.91 Å². The SMILES string of the molecule is CC(C(=O)Nc1ccncc1)n1nc(-n2cccn2)ccc1=O. The van der Waals surface area contributed by atoms with E-state index in [0.717, 1.165) is 4.68 Å². The molecule has 3 aromatic heterocycles. The first-order valence-corrected chi connectivity index (χ1v) is 6.96. The van der Waals surface area contributed by atoms with E-state index in [1.807, 2.05) is 0 Å². The van der Waals surface area contributed by atoms with E-state index in [1.165, 1.54) is 10.7 Å². The fourth-order valence-electron chi connectivity index (χ4n) is 2.01. The topological polar surface area (TPSA) is 94.7 Å². The first-order valence-electron chi connectivity index (χ1n) is 6.96. The second-order valence-electron chi connectivity index (χ2n) is 4.83. The molecule has 8 nitrogen and oxygen atoms in total. The van der Waals surface area contributed by atoms with Crippen molar-refractivity contribution in [3.8, 4) is 5.82 Å². The van der Waals surface area contributed by atoms with Gasteiger partial charge in [0.05, 0.1) is 0 Å². The van der Waals surface area contributed by atoms with Crippen molar-refractivity contribution < 1.29 is 4.79 Å². The van der Waals surface area contributed by atoms with Gasteiger partial charge in [-0.1, -0.05) is 0 Å². The van der Waals surface area contributed by atoms with Crippen LogP contribution >= 0.6 is 0 Å². The quantitative estimate of drug-likeness (QED) is 0.776. The zero-order valence-corrected chi connectivity index (χ0v) is 12.3. The van der Waals surface area contributed by atoms with E-state index >= 15 is 0 Å². The molecular weight excluding hydrogens is 296 g/mol. The molecule has 0 fully saturated rings. The van der Waals surface area contributed by atoms with Crippen LogP contribution in [0.5, 0.6) is 0 Å². The zero-order valence-electron chi connectivity index (χ0n) is 12.3. The Kier molecular flexibility index (Phi) is 3.96. The Labute approximate surface area is 131 Å². The summed E-state index contributed by atoms with van der Waals surface area (Å²) in [5.74, 6) is 0.113. The largest absolute Gasteiger partial charge is 0.324 e. The number of amides is 1. The number of rotatable bonds is 4. The van der Waals surface area contributed by atoms with E-state index in [0.29, 0.717) is 11.5 Å². The summed E-state index contributed by atoms with van der Waals surface area (Å²) < 4.78 is 2.65. The van der Waals surface area contributed by atoms with Gasteiger partial charge in [-0.15, -0.1) is 5.10 Å². The van der Waals surface area contributed by atoms with E-state index in [2.05, 4.69) is 20.5 Å². The Morgan fingerprint density at radius 2 is 1.96 bits per heavy atom. The average molecular weight is 310 g/mol. The molecular formula is C15H14N6O2. The normalized spacial score (nSPS) is 11.9. The molecule has 3 rings (SSSR count). The molecule has 23 heavy (non-hydrogen) atoms. The number of anilines is 1. The Morgan fingerprint density at radius 1 is 1.17 bits per heavy atom. The summed E-state index contributed by atoms with van der Waals surface area (Å²) in [7, 11) is 0. The van der Waals surface area contributed by atoms with E-state index in [9.17, 15) is 9.59 Å². The third-order valence-corrected chi connectivity index (χ3v) is 3.24. The van der Waals surface area contributed by atoms with Gasteiger partial charge in [0.1, 0.15) is 6.04 Å². The number of carbonyl (C=O) groups excluding carboxylic acids is 1. The summed E-state index contributed by atoms with van der Waals surface area (Å²) in [6, 6.07) is 7.23. The van der Waals surface area contributed by atoms with Crippen molar-refractivity contribution in [1.82, 2.24) is 24.5 Å². The second kappa shape index (κ2) is 6.22. The summed E-state index contributed by atoms with van der Waals surface area (Å²) in [5.41, 5.74) is 0.242. The lowest BCUT2D eigenvalue weighted by atomic mass is 10.3. The van der Waals surface area contributed by atoms with Crippen molar-refractivity contribution in [3.63, 3.8) is 0 Å². The predicted octanol–water partition coefficient (Wildman–Crippen LogP) is 1.02. The van der Waals surface area contributed by atoms with Crippen LogP contribution in [0.25, 0.3) is 5.82 Å². The molecule has 1 amide bonds. The van der Waals surface area contributed by atoms with Crippen LogP contribution in [0, 0.1) is 0 Å². The molecule has 8 heteroatoms. The fraction of sp³-hybridized carbons (Fsp3) is 0.133. The molecule has 0 saturated carbocycles. The third-order valence-electron chi connectivity index (χ3n) is 3.24. The number of aromatic nitrogens is 5. The molecule has 0 radical (unpaired) electrons. The zero-order chi connectivity index (χ0) is 16.2. The molecule has 1 atom stereocenters. The molecule has 1 N–H and O–H groups in total. The predicted molar refractivity (Wildman–Crippen MR) is 83.2 cm³/mol. The smallest absolute Gasteiger partial charge is 0.267 e. The first-order chi connectivity index (χ1) is 11.1. The van der Waals surface area contributed by atoms with E-state index in [1.54, 1.807) is 56.0 Å². The maximum absolute atomic E-state index is 12.3. The second-order valence-corrected chi connectivity index (χ2v) is 4.83. The minimum atomic E-state index is -0.772. The first kappa shape index (κ1) is 14.6. The highest BCUT2D eigenvalue weighted by Gasteiger charge is 2.18. The summed E-state index contributed by atoms with van der Waals surface area (Å²) in [5, 5.41) is 11.0. The van der Waals surface area contributed by atoms with Crippen LogP contribution in [-0.4, -0.2) is 30.5 Å². The number of hydrogen-bond donors (Lipinski definition) is 1. The highest BCUT2D eigenvalue weighted by Crippen LogP contribution is 2.09. The monoisotopic (exact) mass is 310 g/mol. The standard InChI is InChI=1S/C15H14N6O2/c1-11(15(23)18-12-5-8-16-9-6-12)21-14(22)4-3-13(19-21)20-10-2-7-17-20/h2-11H,1H3,(H,16,18,23). The van der Waals surface area contributed by atoms with Crippen LogP contribution in [0.3, 0.4) is 0 Å². The summed E-state index contributed by atoms with van der Waals surface area (Å²) in [4.78, 5) is 28.2.